The molecule has 0 radical (unpaired) electrons. The quantitative estimate of drug-likeness (QED) is 0.906. The van der Waals surface area contributed by atoms with Gasteiger partial charge in [-0.15, -0.1) is 0 Å². The molecule has 2 rings (SSSR count). The van der Waals surface area contributed by atoms with Gasteiger partial charge in [-0.3, -0.25) is 4.90 Å². The van der Waals surface area contributed by atoms with E-state index < -0.39 is 11.6 Å². The Morgan fingerprint density at radius 2 is 2.11 bits per heavy atom. The molecule has 0 aliphatic carbocycles. The molecule has 1 atom stereocenters. The summed E-state index contributed by atoms with van der Waals surface area (Å²) in [7, 11) is 2.01. The minimum Gasteiger partial charge on any atom is -0.312 e. The van der Waals surface area contributed by atoms with E-state index in [-0.39, 0.29) is 5.54 Å². The van der Waals surface area contributed by atoms with Crippen LogP contribution in [0, 0.1) is 11.6 Å². The summed E-state index contributed by atoms with van der Waals surface area (Å²) < 4.78 is 26.5. The van der Waals surface area contributed by atoms with Gasteiger partial charge in [-0.1, -0.05) is 6.07 Å². The fourth-order valence-corrected chi connectivity index (χ4v) is 2.76. The third-order valence-corrected chi connectivity index (χ3v) is 3.89. The molecule has 0 bridgehead atoms. The molecule has 0 aromatic heterocycles. The number of piperidine rings is 1. The van der Waals surface area contributed by atoms with E-state index in [1.54, 1.807) is 0 Å². The molecule has 1 aliphatic heterocycles. The summed E-state index contributed by atoms with van der Waals surface area (Å²) in [6.45, 7) is 5.87. The van der Waals surface area contributed by atoms with Crippen LogP contribution in [0.5, 0.6) is 0 Å². The van der Waals surface area contributed by atoms with Gasteiger partial charge in [0.25, 0.3) is 0 Å². The minimum absolute atomic E-state index is 0.124. The van der Waals surface area contributed by atoms with Crippen LogP contribution in [0.25, 0.3) is 0 Å². The van der Waals surface area contributed by atoms with Crippen LogP contribution in [0.15, 0.2) is 18.2 Å². The lowest BCUT2D eigenvalue weighted by molar-refractivity contribution is 0.137. The van der Waals surface area contributed by atoms with Gasteiger partial charge in [0, 0.05) is 29.8 Å². The van der Waals surface area contributed by atoms with Gasteiger partial charge in [-0.25, -0.2) is 8.78 Å². The predicted molar refractivity (Wildman–Crippen MR) is 72.9 cm³/mol. The van der Waals surface area contributed by atoms with Crippen molar-refractivity contribution in [3.8, 4) is 0 Å². The lowest BCUT2D eigenvalue weighted by Gasteiger charge is -2.40. The summed E-state index contributed by atoms with van der Waals surface area (Å²) in [5.74, 6) is -0.980. The predicted octanol–water partition coefficient (Wildman–Crippen LogP) is 2.93. The maximum absolute atomic E-state index is 13.7. The number of benzene rings is 1. The molecule has 1 aromatic rings. The first-order valence-corrected chi connectivity index (χ1v) is 6.76. The Bertz CT molecular complexity index is 446. The molecule has 106 valence electrons. The maximum atomic E-state index is 13.7. The van der Waals surface area contributed by atoms with E-state index in [0.29, 0.717) is 18.2 Å². The van der Waals surface area contributed by atoms with E-state index in [1.165, 1.54) is 12.1 Å². The topological polar surface area (TPSA) is 15.3 Å². The smallest absolute Gasteiger partial charge is 0.130 e. The zero-order valence-electron chi connectivity index (χ0n) is 11.8. The molecule has 1 N–H and O–H groups in total. The standard InChI is InChI=1S/C15H22F2N2/c1-15(2)9-13(6-7-18-15)19(3)10-11-4-5-12(16)8-14(11)17/h4-5,8,13,18H,6-7,9-10H2,1-3H3. The first-order chi connectivity index (χ1) is 8.87. The Morgan fingerprint density at radius 1 is 1.37 bits per heavy atom. The molecule has 1 aromatic carbocycles. The van der Waals surface area contributed by atoms with Gasteiger partial charge in [0.2, 0.25) is 0 Å². The van der Waals surface area contributed by atoms with Gasteiger partial charge in [0.15, 0.2) is 0 Å². The lowest BCUT2D eigenvalue weighted by atomic mass is 9.88. The van der Waals surface area contributed by atoms with Crippen LogP contribution in [0.1, 0.15) is 32.3 Å². The highest BCUT2D eigenvalue weighted by Gasteiger charge is 2.29. The van der Waals surface area contributed by atoms with Crippen LogP contribution in [0.4, 0.5) is 8.78 Å². The van der Waals surface area contributed by atoms with Crippen molar-refractivity contribution in [2.75, 3.05) is 13.6 Å². The number of nitrogens with one attached hydrogen (secondary N) is 1. The van der Waals surface area contributed by atoms with E-state index >= 15 is 0 Å². The van der Waals surface area contributed by atoms with Crippen molar-refractivity contribution in [3.05, 3.63) is 35.4 Å². The summed E-state index contributed by atoms with van der Waals surface area (Å²) in [5, 5.41) is 3.48. The fourth-order valence-electron chi connectivity index (χ4n) is 2.76. The van der Waals surface area contributed by atoms with Crippen molar-refractivity contribution < 1.29 is 8.78 Å². The van der Waals surface area contributed by atoms with Crippen molar-refractivity contribution in [1.82, 2.24) is 10.2 Å². The highest BCUT2D eigenvalue weighted by Crippen LogP contribution is 2.23. The minimum atomic E-state index is -0.521. The van der Waals surface area contributed by atoms with Crippen molar-refractivity contribution in [2.24, 2.45) is 0 Å². The van der Waals surface area contributed by atoms with Crippen LogP contribution in [0.2, 0.25) is 0 Å². The highest BCUT2D eigenvalue weighted by atomic mass is 19.1. The SMILES string of the molecule is CN(Cc1ccc(F)cc1F)C1CCNC(C)(C)C1. The molecule has 1 saturated heterocycles. The molecule has 1 aliphatic rings. The molecule has 19 heavy (non-hydrogen) atoms. The third-order valence-electron chi connectivity index (χ3n) is 3.89. The van der Waals surface area contributed by atoms with E-state index in [9.17, 15) is 8.78 Å². The summed E-state index contributed by atoms with van der Waals surface area (Å²) in [5.41, 5.74) is 0.679. The van der Waals surface area contributed by atoms with Gasteiger partial charge >= 0.3 is 0 Å². The van der Waals surface area contributed by atoms with E-state index in [4.69, 9.17) is 0 Å². The van der Waals surface area contributed by atoms with Gasteiger partial charge in [0.05, 0.1) is 0 Å². The highest BCUT2D eigenvalue weighted by molar-refractivity contribution is 5.18. The monoisotopic (exact) mass is 268 g/mol. The molecule has 1 fully saturated rings. The fraction of sp³-hybridized carbons (Fsp3) is 0.600. The van der Waals surface area contributed by atoms with Crippen LogP contribution in [-0.2, 0) is 6.54 Å². The van der Waals surface area contributed by atoms with Crippen LogP contribution in [-0.4, -0.2) is 30.1 Å². The number of hydrogen-bond donors (Lipinski definition) is 1. The average molecular weight is 268 g/mol. The van der Waals surface area contributed by atoms with Crippen molar-refractivity contribution in [3.63, 3.8) is 0 Å². The molecule has 1 unspecified atom stereocenters. The number of hydrogen-bond acceptors (Lipinski definition) is 2. The first kappa shape index (κ1) is 14.4. The van der Waals surface area contributed by atoms with Crippen LogP contribution >= 0.6 is 0 Å². The molecule has 1 heterocycles. The Morgan fingerprint density at radius 3 is 2.74 bits per heavy atom. The normalized spacial score (nSPS) is 22.7. The summed E-state index contributed by atoms with van der Waals surface area (Å²) in [6, 6.07) is 4.24. The third kappa shape index (κ3) is 3.74. The Labute approximate surface area is 113 Å². The molecule has 0 spiro atoms. The molecular weight excluding hydrogens is 246 g/mol. The Kier molecular flexibility index (Phi) is 4.21. The molecule has 2 nitrogen and oxygen atoms in total. The second-order valence-corrected chi connectivity index (χ2v) is 6.11. The van der Waals surface area contributed by atoms with Crippen molar-refractivity contribution >= 4 is 0 Å². The summed E-state index contributed by atoms with van der Waals surface area (Å²) in [6.07, 6.45) is 2.09. The first-order valence-electron chi connectivity index (χ1n) is 6.76. The zero-order chi connectivity index (χ0) is 14.0. The lowest BCUT2D eigenvalue weighted by Crippen LogP contribution is -2.52. The summed E-state index contributed by atoms with van der Waals surface area (Å²) in [4.78, 5) is 2.17. The largest absolute Gasteiger partial charge is 0.312 e. The van der Waals surface area contributed by atoms with Gasteiger partial charge in [-0.05, 0) is 46.3 Å². The van der Waals surface area contributed by atoms with E-state index in [1.807, 2.05) is 7.05 Å². The molecule has 0 amide bonds. The second-order valence-electron chi connectivity index (χ2n) is 6.11. The van der Waals surface area contributed by atoms with Gasteiger partial charge < -0.3 is 5.32 Å². The van der Waals surface area contributed by atoms with Crippen LogP contribution < -0.4 is 5.32 Å². The number of rotatable bonds is 3. The van der Waals surface area contributed by atoms with Gasteiger partial charge in [-0.2, -0.15) is 0 Å². The number of nitrogens with zero attached hydrogens (tertiary/aromatic N) is 1. The van der Waals surface area contributed by atoms with Crippen LogP contribution in [0.3, 0.4) is 0 Å². The second kappa shape index (κ2) is 5.55. The van der Waals surface area contributed by atoms with E-state index in [0.717, 1.165) is 25.5 Å². The summed E-state index contributed by atoms with van der Waals surface area (Å²) >= 11 is 0. The Hall–Kier alpha value is -1.00. The molecule has 0 saturated carbocycles. The van der Waals surface area contributed by atoms with Gasteiger partial charge in [0.1, 0.15) is 11.6 Å². The number of halogens is 2. The Balaban J connectivity index is 2.02. The van der Waals surface area contributed by atoms with E-state index in [2.05, 4.69) is 24.1 Å². The van der Waals surface area contributed by atoms with Crippen molar-refractivity contribution in [2.45, 2.75) is 44.8 Å². The zero-order valence-corrected chi connectivity index (χ0v) is 11.8. The average Bonchev–Trinajstić information content (AvgIpc) is 2.31. The van der Waals surface area contributed by atoms with Crippen molar-refractivity contribution in [1.29, 1.82) is 0 Å². The maximum Gasteiger partial charge on any atom is 0.130 e. The molecule has 4 heteroatoms. The molecular formula is C15H22F2N2.